The van der Waals surface area contributed by atoms with E-state index in [2.05, 4.69) is 5.32 Å². The SMILES string of the molecule is Nc1ccc(O)cc1C(=O)NCC1CCCCC1CO. The first-order valence-electron chi connectivity index (χ1n) is 7.09. The molecule has 0 heterocycles. The Hall–Kier alpha value is -1.75. The number of nitrogen functional groups attached to an aromatic ring is 1. The summed E-state index contributed by atoms with van der Waals surface area (Å²) in [5.74, 6) is 0.331. The van der Waals surface area contributed by atoms with Crippen molar-refractivity contribution in [1.82, 2.24) is 5.32 Å². The zero-order chi connectivity index (χ0) is 14.5. The predicted molar refractivity (Wildman–Crippen MR) is 77.4 cm³/mol. The van der Waals surface area contributed by atoms with Crippen LogP contribution in [0.25, 0.3) is 0 Å². The molecular formula is C15H22N2O3. The highest BCUT2D eigenvalue weighted by atomic mass is 16.3. The minimum Gasteiger partial charge on any atom is -0.508 e. The maximum Gasteiger partial charge on any atom is 0.253 e. The molecule has 1 aliphatic rings. The van der Waals surface area contributed by atoms with Gasteiger partial charge >= 0.3 is 0 Å². The Balaban J connectivity index is 1.96. The first kappa shape index (κ1) is 14.7. The molecule has 0 spiro atoms. The van der Waals surface area contributed by atoms with Crippen molar-refractivity contribution in [1.29, 1.82) is 0 Å². The highest BCUT2D eigenvalue weighted by Gasteiger charge is 2.25. The van der Waals surface area contributed by atoms with E-state index in [1.54, 1.807) is 0 Å². The minimum absolute atomic E-state index is 0.0234. The summed E-state index contributed by atoms with van der Waals surface area (Å²) in [6.07, 6.45) is 4.34. The third-order valence-electron chi connectivity index (χ3n) is 4.11. The van der Waals surface area contributed by atoms with Crippen LogP contribution in [0.3, 0.4) is 0 Å². The largest absolute Gasteiger partial charge is 0.508 e. The van der Waals surface area contributed by atoms with Gasteiger partial charge in [-0.1, -0.05) is 12.8 Å². The van der Waals surface area contributed by atoms with Gasteiger partial charge in [-0.3, -0.25) is 4.79 Å². The number of carbonyl (C=O) groups excluding carboxylic acids is 1. The lowest BCUT2D eigenvalue weighted by Crippen LogP contribution is -2.35. The van der Waals surface area contributed by atoms with Crippen LogP contribution in [0.5, 0.6) is 5.75 Å². The number of aliphatic hydroxyl groups excluding tert-OH is 1. The number of phenolic OH excluding ortho intramolecular Hbond substituents is 1. The number of carbonyl (C=O) groups is 1. The first-order chi connectivity index (χ1) is 9.61. The monoisotopic (exact) mass is 278 g/mol. The minimum atomic E-state index is -0.277. The van der Waals surface area contributed by atoms with Gasteiger partial charge in [-0.05, 0) is 42.9 Å². The van der Waals surface area contributed by atoms with E-state index in [4.69, 9.17) is 5.73 Å². The molecule has 0 aliphatic heterocycles. The van der Waals surface area contributed by atoms with E-state index in [0.29, 0.717) is 23.7 Å². The summed E-state index contributed by atoms with van der Waals surface area (Å²) in [5, 5.41) is 21.6. The van der Waals surface area contributed by atoms with Crippen LogP contribution in [0.15, 0.2) is 18.2 Å². The topological polar surface area (TPSA) is 95.6 Å². The van der Waals surface area contributed by atoms with Crippen LogP contribution < -0.4 is 11.1 Å². The maximum absolute atomic E-state index is 12.1. The van der Waals surface area contributed by atoms with Crippen LogP contribution in [0, 0.1) is 11.8 Å². The second-order valence-electron chi connectivity index (χ2n) is 5.47. The van der Waals surface area contributed by atoms with Gasteiger partial charge in [0.2, 0.25) is 0 Å². The van der Waals surface area contributed by atoms with Crippen LogP contribution in [-0.2, 0) is 0 Å². The number of hydrogen-bond donors (Lipinski definition) is 4. The molecular weight excluding hydrogens is 256 g/mol. The fourth-order valence-electron chi connectivity index (χ4n) is 2.85. The molecule has 20 heavy (non-hydrogen) atoms. The Morgan fingerprint density at radius 1 is 1.30 bits per heavy atom. The molecule has 2 rings (SSSR count). The van der Waals surface area contributed by atoms with Crippen LogP contribution in [0.2, 0.25) is 0 Å². The molecule has 1 saturated carbocycles. The zero-order valence-corrected chi connectivity index (χ0v) is 11.5. The lowest BCUT2D eigenvalue weighted by Gasteiger charge is -2.30. The Morgan fingerprint density at radius 3 is 2.70 bits per heavy atom. The molecule has 5 N–H and O–H groups in total. The Bertz CT molecular complexity index is 476. The number of aromatic hydroxyl groups is 1. The number of nitrogens with one attached hydrogen (secondary N) is 1. The lowest BCUT2D eigenvalue weighted by molar-refractivity contribution is 0.0910. The predicted octanol–water partition coefficient (Wildman–Crippen LogP) is 1.50. The van der Waals surface area contributed by atoms with Gasteiger partial charge in [0, 0.05) is 18.8 Å². The number of benzene rings is 1. The van der Waals surface area contributed by atoms with Crippen molar-refractivity contribution < 1.29 is 15.0 Å². The quantitative estimate of drug-likeness (QED) is 0.496. The van der Waals surface area contributed by atoms with E-state index >= 15 is 0 Å². The van der Waals surface area contributed by atoms with Crippen molar-refractivity contribution in [3.63, 3.8) is 0 Å². The fourth-order valence-corrected chi connectivity index (χ4v) is 2.85. The number of rotatable bonds is 4. The van der Waals surface area contributed by atoms with Gasteiger partial charge in [0.25, 0.3) is 5.91 Å². The number of anilines is 1. The van der Waals surface area contributed by atoms with Gasteiger partial charge in [0.1, 0.15) is 5.75 Å². The standard InChI is InChI=1S/C15H22N2O3/c16-14-6-5-12(19)7-13(14)15(20)17-8-10-3-1-2-4-11(10)9-18/h5-7,10-11,18-19H,1-4,8-9,16H2,(H,17,20). The van der Waals surface area contributed by atoms with Gasteiger partial charge in [0.15, 0.2) is 0 Å². The molecule has 1 aromatic rings. The Kier molecular flexibility index (Phi) is 4.84. The van der Waals surface area contributed by atoms with Crippen molar-refractivity contribution in [2.75, 3.05) is 18.9 Å². The highest BCUT2D eigenvalue weighted by molar-refractivity contribution is 5.99. The van der Waals surface area contributed by atoms with Crippen molar-refractivity contribution in [3.8, 4) is 5.75 Å². The lowest BCUT2D eigenvalue weighted by atomic mass is 9.79. The number of nitrogens with two attached hydrogens (primary N) is 1. The summed E-state index contributed by atoms with van der Waals surface area (Å²) in [6.45, 7) is 0.716. The van der Waals surface area contributed by atoms with Gasteiger partial charge in [0.05, 0.1) is 5.56 Å². The number of hydrogen-bond acceptors (Lipinski definition) is 4. The molecule has 5 nitrogen and oxygen atoms in total. The summed E-state index contributed by atoms with van der Waals surface area (Å²) in [5.41, 5.74) is 6.38. The Labute approximate surface area is 118 Å². The van der Waals surface area contributed by atoms with Gasteiger partial charge in [-0.15, -0.1) is 0 Å². The summed E-state index contributed by atoms with van der Waals surface area (Å²) < 4.78 is 0. The van der Waals surface area contributed by atoms with E-state index in [0.717, 1.165) is 25.7 Å². The molecule has 2 atom stereocenters. The molecule has 0 radical (unpaired) electrons. The first-order valence-corrected chi connectivity index (χ1v) is 7.09. The highest BCUT2D eigenvalue weighted by Crippen LogP contribution is 2.29. The summed E-state index contributed by atoms with van der Waals surface area (Å²) in [6, 6.07) is 4.34. The average Bonchev–Trinajstić information content (AvgIpc) is 2.47. The molecule has 0 saturated heterocycles. The smallest absolute Gasteiger partial charge is 0.253 e. The molecule has 1 aliphatic carbocycles. The van der Waals surface area contributed by atoms with E-state index in [1.165, 1.54) is 18.2 Å². The average molecular weight is 278 g/mol. The molecule has 2 unspecified atom stereocenters. The normalized spacial score (nSPS) is 22.4. The molecule has 0 aromatic heterocycles. The van der Waals surface area contributed by atoms with E-state index in [9.17, 15) is 15.0 Å². The molecule has 1 fully saturated rings. The summed E-state index contributed by atoms with van der Waals surface area (Å²) in [7, 11) is 0. The van der Waals surface area contributed by atoms with Gasteiger partial charge in [-0.25, -0.2) is 0 Å². The second-order valence-corrected chi connectivity index (χ2v) is 5.47. The zero-order valence-electron chi connectivity index (χ0n) is 11.5. The van der Waals surface area contributed by atoms with E-state index < -0.39 is 0 Å². The van der Waals surface area contributed by atoms with Gasteiger partial charge < -0.3 is 21.3 Å². The number of amides is 1. The second kappa shape index (κ2) is 6.61. The van der Waals surface area contributed by atoms with Crippen LogP contribution >= 0.6 is 0 Å². The number of phenols is 1. The van der Waals surface area contributed by atoms with E-state index in [1.807, 2.05) is 0 Å². The third kappa shape index (κ3) is 3.42. The van der Waals surface area contributed by atoms with Crippen molar-refractivity contribution in [2.24, 2.45) is 11.8 Å². The number of aliphatic hydroxyl groups is 1. The molecule has 0 bridgehead atoms. The van der Waals surface area contributed by atoms with Crippen molar-refractivity contribution in [3.05, 3.63) is 23.8 Å². The summed E-state index contributed by atoms with van der Waals surface area (Å²) >= 11 is 0. The van der Waals surface area contributed by atoms with Crippen molar-refractivity contribution in [2.45, 2.75) is 25.7 Å². The molecule has 1 aromatic carbocycles. The van der Waals surface area contributed by atoms with Gasteiger partial charge in [-0.2, -0.15) is 0 Å². The summed E-state index contributed by atoms with van der Waals surface area (Å²) in [4.78, 5) is 12.1. The van der Waals surface area contributed by atoms with Crippen LogP contribution in [0.4, 0.5) is 5.69 Å². The molecule has 1 amide bonds. The molecule has 5 heteroatoms. The van der Waals surface area contributed by atoms with Crippen LogP contribution in [-0.4, -0.2) is 29.3 Å². The fraction of sp³-hybridized carbons (Fsp3) is 0.533. The van der Waals surface area contributed by atoms with E-state index in [-0.39, 0.29) is 24.2 Å². The van der Waals surface area contributed by atoms with Crippen LogP contribution in [0.1, 0.15) is 36.0 Å². The Morgan fingerprint density at radius 2 is 2.00 bits per heavy atom. The maximum atomic E-state index is 12.1. The van der Waals surface area contributed by atoms with Crippen molar-refractivity contribution >= 4 is 11.6 Å². The third-order valence-corrected chi connectivity index (χ3v) is 4.11. The molecule has 110 valence electrons.